The number of fused-ring (bicyclic) bond motifs is 1. The van der Waals surface area contributed by atoms with E-state index in [2.05, 4.69) is 4.90 Å². The molecule has 5 rings (SSSR count). The summed E-state index contributed by atoms with van der Waals surface area (Å²) in [4.78, 5) is 16.9. The summed E-state index contributed by atoms with van der Waals surface area (Å²) in [7, 11) is -3.03. The SMILES string of the molecule is Cc1cc2oc(C(=O)N3CCS(=O)(=O)CC3)cc2cc1OC1CCN(C2CCC2)CC1. The topological polar surface area (TPSA) is 80.1 Å². The Morgan fingerprint density at radius 1 is 1.03 bits per heavy atom. The Morgan fingerprint density at radius 2 is 1.74 bits per heavy atom. The van der Waals surface area contributed by atoms with Gasteiger partial charge in [0.25, 0.3) is 5.91 Å². The fourth-order valence-corrected chi connectivity index (χ4v) is 5.96. The van der Waals surface area contributed by atoms with E-state index in [0.717, 1.165) is 48.7 Å². The lowest BCUT2D eigenvalue weighted by Crippen LogP contribution is -2.46. The van der Waals surface area contributed by atoms with Gasteiger partial charge in [0.1, 0.15) is 17.4 Å². The van der Waals surface area contributed by atoms with Crippen LogP contribution in [-0.2, 0) is 9.84 Å². The third-order valence-electron chi connectivity index (χ3n) is 7.02. The van der Waals surface area contributed by atoms with Crippen molar-refractivity contribution in [3.8, 4) is 5.75 Å². The van der Waals surface area contributed by atoms with Gasteiger partial charge >= 0.3 is 0 Å². The number of ether oxygens (including phenoxy) is 1. The molecule has 2 aliphatic heterocycles. The van der Waals surface area contributed by atoms with E-state index in [-0.39, 0.29) is 42.4 Å². The van der Waals surface area contributed by atoms with Crippen LogP contribution in [0.4, 0.5) is 0 Å². The van der Waals surface area contributed by atoms with Crippen molar-refractivity contribution in [1.82, 2.24) is 9.80 Å². The van der Waals surface area contributed by atoms with Gasteiger partial charge in [-0.05, 0) is 56.4 Å². The summed E-state index contributed by atoms with van der Waals surface area (Å²) in [5, 5.41) is 0.834. The summed E-state index contributed by atoms with van der Waals surface area (Å²) in [5.74, 6) is 0.860. The van der Waals surface area contributed by atoms with E-state index >= 15 is 0 Å². The highest BCUT2D eigenvalue weighted by Gasteiger charge is 2.30. The lowest BCUT2D eigenvalue weighted by Gasteiger charge is -2.41. The molecule has 0 N–H and O–H groups in total. The molecule has 31 heavy (non-hydrogen) atoms. The first-order valence-corrected chi connectivity index (χ1v) is 13.1. The van der Waals surface area contributed by atoms with Crippen LogP contribution in [0, 0.1) is 6.92 Å². The number of nitrogens with zero attached hydrogens (tertiary/aromatic N) is 2. The van der Waals surface area contributed by atoms with Gasteiger partial charge in [-0.25, -0.2) is 8.42 Å². The Morgan fingerprint density at radius 3 is 2.39 bits per heavy atom. The van der Waals surface area contributed by atoms with Gasteiger partial charge < -0.3 is 19.0 Å². The molecule has 3 heterocycles. The molecule has 1 aromatic carbocycles. The minimum Gasteiger partial charge on any atom is -0.490 e. The molecule has 7 nitrogen and oxygen atoms in total. The zero-order valence-electron chi connectivity index (χ0n) is 18.0. The molecule has 2 aromatic rings. The first kappa shape index (κ1) is 20.8. The Kier molecular flexibility index (Phi) is 5.46. The maximum absolute atomic E-state index is 12.8. The lowest BCUT2D eigenvalue weighted by molar-refractivity contribution is 0.0491. The predicted molar refractivity (Wildman–Crippen MR) is 118 cm³/mol. The molecule has 3 aliphatic rings. The number of piperidine rings is 1. The Bertz CT molecular complexity index is 1070. The van der Waals surface area contributed by atoms with Crippen molar-refractivity contribution in [2.45, 2.75) is 51.2 Å². The molecule has 2 saturated heterocycles. The lowest BCUT2D eigenvalue weighted by atomic mass is 9.90. The van der Waals surface area contributed by atoms with Crippen LogP contribution in [0.2, 0.25) is 0 Å². The summed E-state index contributed by atoms with van der Waals surface area (Å²) >= 11 is 0. The summed E-state index contributed by atoms with van der Waals surface area (Å²) in [6.07, 6.45) is 6.36. The summed E-state index contributed by atoms with van der Waals surface area (Å²) < 4.78 is 35.4. The maximum atomic E-state index is 12.8. The average Bonchev–Trinajstić information content (AvgIpc) is 3.10. The predicted octanol–water partition coefficient (Wildman–Crippen LogP) is 3.01. The molecule has 168 valence electrons. The normalized spacial score (nSPS) is 23.1. The van der Waals surface area contributed by atoms with Gasteiger partial charge in [-0.2, -0.15) is 0 Å². The quantitative estimate of drug-likeness (QED) is 0.718. The van der Waals surface area contributed by atoms with Gasteiger partial charge in [-0.3, -0.25) is 4.79 Å². The zero-order chi connectivity index (χ0) is 21.6. The fraction of sp³-hybridized carbons (Fsp3) is 0.609. The summed E-state index contributed by atoms with van der Waals surface area (Å²) in [6.45, 7) is 4.63. The molecule has 1 amide bonds. The summed E-state index contributed by atoms with van der Waals surface area (Å²) in [5.41, 5.74) is 1.64. The number of furan rings is 1. The molecule has 8 heteroatoms. The molecule has 0 bridgehead atoms. The monoisotopic (exact) mass is 446 g/mol. The Balaban J connectivity index is 1.26. The third kappa shape index (κ3) is 4.32. The number of amides is 1. The van der Waals surface area contributed by atoms with E-state index in [0.29, 0.717) is 5.58 Å². The minimum absolute atomic E-state index is 0.00955. The minimum atomic E-state index is -3.03. The maximum Gasteiger partial charge on any atom is 0.289 e. The number of aryl methyl sites for hydroxylation is 1. The van der Waals surface area contributed by atoms with Crippen LogP contribution in [0.3, 0.4) is 0 Å². The molecule has 3 fully saturated rings. The van der Waals surface area contributed by atoms with E-state index < -0.39 is 9.84 Å². The highest BCUT2D eigenvalue weighted by molar-refractivity contribution is 7.91. The largest absolute Gasteiger partial charge is 0.490 e. The number of carbonyl (C=O) groups is 1. The molecule has 1 aromatic heterocycles. The number of hydrogen-bond donors (Lipinski definition) is 0. The average molecular weight is 447 g/mol. The number of benzene rings is 1. The van der Waals surface area contributed by atoms with Crippen LogP contribution in [0.1, 0.15) is 48.2 Å². The molecule has 0 radical (unpaired) electrons. The van der Waals surface area contributed by atoms with Crippen molar-refractivity contribution < 1.29 is 22.4 Å². The number of likely N-dealkylation sites (tertiary alicyclic amines) is 1. The summed E-state index contributed by atoms with van der Waals surface area (Å²) in [6, 6.07) is 6.42. The highest BCUT2D eigenvalue weighted by atomic mass is 32.2. The first-order chi connectivity index (χ1) is 14.9. The Labute approximate surface area is 183 Å². The second-order valence-electron chi connectivity index (χ2n) is 9.15. The van der Waals surface area contributed by atoms with Crippen LogP contribution in [0.25, 0.3) is 11.0 Å². The fourth-order valence-electron chi connectivity index (χ4n) is 4.76. The van der Waals surface area contributed by atoms with Crippen molar-refractivity contribution >= 4 is 26.7 Å². The second kappa shape index (κ2) is 8.13. The molecule has 0 atom stereocenters. The zero-order valence-corrected chi connectivity index (χ0v) is 18.8. The van der Waals surface area contributed by atoms with Crippen molar-refractivity contribution in [2.24, 2.45) is 0 Å². The number of sulfone groups is 1. The molecule has 0 unspecified atom stereocenters. The molecule has 1 aliphatic carbocycles. The number of hydrogen-bond acceptors (Lipinski definition) is 6. The number of rotatable bonds is 4. The van der Waals surface area contributed by atoms with E-state index in [1.54, 1.807) is 11.0 Å². The second-order valence-corrected chi connectivity index (χ2v) is 11.5. The van der Waals surface area contributed by atoms with Gasteiger partial charge in [0, 0.05) is 37.6 Å². The molecular weight excluding hydrogens is 416 g/mol. The van der Waals surface area contributed by atoms with Gasteiger partial charge in [-0.1, -0.05) is 6.42 Å². The van der Waals surface area contributed by atoms with Gasteiger partial charge in [0.2, 0.25) is 0 Å². The van der Waals surface area contributed by atoms with E-state index in [4.69, 9.17) is 9.15 Å². The van der Waals surface area contributed by atoms with E-state index in [9.17, 15) is 13.2 Å². The standard InChI is InChI=1S/C23H30N2O5S/c1-16-13-21-17(15-22(30-21)23(26)25-9-11-31(27,28)12-10-25)14-20(16)29-19-5-7-24(8-6-19)18-3-2-4-18/h13-15,18-19H,2-12H2,1H3. The van der Waals surface area contributed by atoms with Crippen LogP contribution >= 0.6 is 0 Å². The van der Waals surface area contributed by atoms with Crippen molar-refractivity contribution in [2.75, 3.05) is 37.7 Å². The van der Waals surface area contributed by atoms with Crippen LogP contribution in [-0.4, -0.2) is 74.0 Å². The van der Waals surface area contributed by atoms with Crippen molar-refractivity contribution in [3.05, 3.63) is 29.5 Å². The molecular formula is C23H30N2O5S. The highest BCUT2D eigenvalue weighted by Crippen LogP contribution is 2.32. The van der Waals surface area contributed by atoms with Gasteiger partial charge in [-0.15, -0.1) is 0 Å². The van der Waals surface area contributed by atoms with Crippen LogP contribution in [0.5, 0.6) is 5.75 Å². The van der Waals surface area contributed by atoms with Gasteiger partial charge in [0.05, 0.1) is 11.5 Å². The Hall–Kier alpha value is -2.06. The van der Waals surface area contributed by atoms with Crippen LogP contribution < -0.4 is 4.74 Å². The smallest absolute Gasteiger partial charge is 0.289 e. The molecule has 1 saturated carbocycles. The first-order valence-electron chi connectivity index (χ1n) is 11.3. The van der Waals surface area contributed by atoms with E-state index in [1.165, 1.54) is 19.3 Å². The van der Waals surface area contributed by atoms with Crippen molar-refractivity contribution in [1.29, 1.82) is 0 Å². The van der Waals surface area contributed by atoms with E-state index in [1.807, 2.05) is 19.1 Å². The van der Waals surface area contributed by atoms with Crippen molar-refractivity contribution in [3.63, 3.8) is 0 Å². The number of carbonyl (C=O) groups excluding carboxylic acids is 1. The molecule has 0 spiro atoms. The third-order valence-corrected chi connectivity index (χ3v) is 8.63. The van der Waals surface area contributed by atoms with Gasteiger partial charge in [0.15, 0.2) is 15.6 Å². The van der Waals surface area contributed by atoms with Crippen LogP contribution in [0.15, 0.2) is 22.6 Å².